The summed E-state index contributed by atoms with van der Waals surface area (Å²) in [5.74, 6) is -1.75. The van der Waals surface area contributed by atoms with Gasteiger partial charge >= 0.3 is 6.18 Å². The maximum atomic E-state index is 14.3. The Kier molecular flexibility index (Phi) is 8.48. The Morgan fingerprint density at radius 3 is 2.59 bits per heavy atom. The summed E-state index contributed by atoms with van der Waals surface area (Å²) in [5.41, 5.74) is 0.948. The summed E-state index contributed by atoms with van der Waals surface area (Å²) in [4.78, 5) is 28.9. The van der Waals surface area contributed by atoms with Crippen molar-refractivity contribution in [2.45, 2.75) is 57.1 Å². The van der Waals surface area contributed by atoms with E-state index in [-0.39, 0.29) is 24.1 Å². The van der Waals surface area contributed by atoms with Gasteiger partial charge in [-0.2, -0.15) is 23.5 Å². The highest BCUT2D eigenvalue weighted by molar-refractivity contribution is 6.00. The largest absolute Gasteiger partial charge is 0.397 e. The van der Waals surface area contributed by atoms with Gasteiger partial charge in [-0.3, -0.25) is 14.6 Å². The second-order valence-electron chi connectivity index (χ2n) is 10.6. The molecule has 1 aliphatic carbocycles. The van der Waals surface area contributed by atoms with Crippen LogP contribution in [0.5, 0.6) is 0 Å². The van der Waals surface area contributed by atoms with Crippen LogP contribution in [-0.4, -0.2) is 68.6 Å². The van der Waals surface area contributed by atoms with Gasteiger partial charge in [-0.05, 0) is 56.9 Å². The number of hydrogen-bond donors (Lipinski definition) is 4. The second-order valence-corrected chi connectivity index (χ2v) is 10.6. The Morgan fingerprint density at radius 1 is 1.20 bits per heavy atom. The zero-order chi connectivity index (χ0) is 29.9. The molecule has 0 bridgehead atoms. The van der Waals surface area contributed by atoms with Crippen LogP contribution in [0.3, 0.4) is 0 Å². The summed E-state index contributed by atoms with van der Waals surface area (Å²) in [5, 5.41) is 31.3. The molecule has 41 heavy (non-hydrogen) atoms. The van der Waals surface area contributed by atoms with Gasteiger partial charge in [-0.1, -0.05) is 0 Å². The number of aliphatic hydroxyl groups is 1. The van der Waals surface area contributed by atoms with Crippen LogP contribution in [0.15, 0.2) is 36.7 Å². The predicted molar refractivity (Wildman–Crippen MR) is 140 cm³/mol. The van der Waals surface area contributed by atoms with Crippen molar-refractivity contribution in [3.8, 4) is 17.5 Å². The van der Waals surface area contributed by atoms with Crippen molar-refractivity contribution in [3.05, 3.63) is 47.8 Å². The minimum atomic E-state index is -4.57. The third-order valence-electron chi connectivity index (χ3n) is 6.79. The number of hydrogen-bond acceptors (Lipinski definition) is 7. The second kappa shape index (κ2) is 11.7. The predicted octanol–water partition coefficient (Wildman–Crippen LogP) is 3.37. The number of carbonyl (C=O) groups is 2. The third kappa shape index (κ3) is 7.49. The van der Waals surface area contributed by atoms with Crippen molar-refractivity contribution >= 4 is 23.0 Å². The molecule has 2 amide bonds. The van der Waals surface area contributed by atoms with Crippen LogP contribution in [-0.2, 0) is 4.79 Å². The lowest BCUT2D eigenvalue weighted by Gasteiger charge is -2.37. The highest BCUT2D eigenvalue weighted by Crippen LogP contribution is 2.33. The number of amides is 2. The van der Waals surface area contributed by atoms with Gasteiger partial charge in [0.1, 0.15) is 18.7 Å². The van der Waals surface area contributed by atoms with Crippen LogP contribution in [0.1, 0.15) is 49.0 Å². The molecule has 1 saturated carbocycles. The Balaban J connectivity index is 1.51. The molecule has 3 aromatic heterocycles. The van der Waals surface area contributed by atoms with Gasteiger partial charge in [-0.25, -0.2) is 8.91 Å². The summed E-state index contributed by atoms with van der Waals surface area (Å²) in [6, 6.07) is 8.70. The number of anilines is 1. The standard InChI is InChI=1S/C27H29F4N7O3/c1-26(2,41)23(28)14-35-25(40)19-13-33-21(22-4-3-18-7-16(10-32)12-36-38(18)22)8-20(19)37-17-5-15(6-17)11-34-24(39)9-27(29,30)31/h3-4,7-8,12-13,15,17,23,41H,5-6,9,11,14H2,1-2H3,(H,33,37)(H,34,39)(H,35,40)/t15-,17-,23-/m1/s1. The maximum absolute atomic E-state index is 14.3. The number of halogens is 4. The fraction of sp³-hybridized carbons (Fsp3) is 0.444. The molecule has 10 nitrogen and oxygen atoms in total. The number of nitrogens with one attached hydrogen (secondary N) is 3. The number of nitrogens with zero attached hydrogens (tertiary/aromatic N) is 4. The fourth-order valence-electron chi connectivity index (χ4n) is 4.42. The quantitative estimate of drug-likeness (QED) is 0.271. The zero-order valence-corrected chi connectivity index (χ0v) is 22.3. The number of rotatable bonds is 10. The Morgan fingerprint density at radius 2 is 1.93 bits per heavy atom. The van der Waals surface area contributed by atoms with E-state index in [0.29, 0.717) is 41.0 Å². The van der Waals surface area contributed by atoms with E-state index in [1.807, 2.05) is 6.07 Å². The Labute approximate surface area is 232 Å². The fourth-order valence-corrected chi connectivity index (χ4v) is 4.42. The van der Waals surface area contributed by atoms with Gasteiger partial charge in [0.15, 0.2) is 0 Å². The molecule has 1 fully saturated rings. The highest BCUT2D eigenvalue weighted by atomic mass is 19.4. The molecule has 0 saturated heterocycles. The minimum Gasteiger partial charge on any atom is -0.387 e. The van der Waals surface area contributed by atoms with Gasteiger partial charge in [0.05, 0.1) is 52.1 Å². The Bertz CT molecular complexity index is 1470. The molecule has 4 rings (SSSR count). The molecule has 3 aromatic rings. The van der Waals surface area contributed by atoms with Crippen LogP contribution >= 0.6 is 0 Å². The molecule has 0 unspecified atom stereocenters. The van der Waals surface area contributed by atoms with Gasteiger partial charge in [0, 0.05) is 18.8 Å². The first kappa shape index (κ1) is 29.7. The average Bonchev–Trinajstić information content (AvgIpc) is 3.29. The van der Waals surface area contributed by atoms with Crippen molar-refractivity contribution in [2.75, 3.05) is 18.4 Å². The molecule has 3 heterocycles. The van der Waals surface area contributed by atoms with Crippen LogP contribution in [0.2, 0.25) is 0 Å². The molecular formula is C27H29F4N7O3. The van der Waals surface area contributed by atoms with E-state index in [4.69, 9.17) is 5.26 Å². The first-order valence-electron chi connectivity index (χ1n) is 12.9. The number of carbonyl (C=O) groups excluding carboxylic acids is 2. The van der Waals surface area contributed by atoms with E-state index in [0.717, 1.165) is 0 Å². The smallest absolute Gasteiger partial charge is 0.387 e. The molecule has 1 aliphatic rings. The summed E-state index contributed by atoms with van der Waals surface area (Å²) in [7, 11) is 0. The first-order valence-corrected chi connectivity index (χ1v) is 12.9. The summed E-state index contributed by atoms with van der Waals surface area (Å²) < 4.78 is 53.0. The number of aromatic nitrogens is 3. The molecule has 4 N–H and O–H groups in total. The van der Waals surface area contributed by atoms with E-state index >= 15 is 0 Å². The molecule has 218 valence electrons. The number of nitriles is 1. The first-order chi connectivity index (χ1) is 19.2. The van der Waals surface area contributed by atoms with E-state index < -0.39 is 42.7 Å². The molecular weight excluding hydrogens is 546 g/mol. The van der Waals surface area contributed by atoms with Gasteiger partial charge in [0.2, 0.25) is 5.91 Å². The van der Waals surface area contributed by atoms with E-state index in [2.05, 4.69) is 26.0 Å². The maximum Gasteiger partial charge on any atom is 0.397 e. The molecule has 1 atom stereocenters. The van der Waals surface area contributed by atoms with Crippen molar-refractivity contribution in [1.82, 2.24) is 25.2 Å². The van der Waals surface area contributed by atoms with Gasteiger partial charge in [-0.15, -0.1) is 0 Å². The number of alkyl halides is 4. The number of fused-ring (bicyclic) bond motifs is 1. The topological polar surface area (TPSA) is 144 Å². The summed E-state index contributed by atoms with van der Waals surface area (Å²) in [6.07, 6.45) is -4.01. The summed E-state index contributed by atoms with van der Waals surface area (Å²) >= 11 is 0. The normalized spacial score (nSPS) is 17.8. The molecule has 0 aliphatic heterocycles. The van der Waals surface area contributed by atoms with Crippen LogP contribution < -0.4 is 16.0 Å². The van der Waals surface area contributed by atoms with Gasteiger partial charge in [0.25, 0.3) is 5.91 Å². The van der Waals surface area contributed by atoms with Crippen molar-refractivity contribution in [3.63, 3.8) is 0 Å². The molecule has 0 aromatic carbocycles. The van der Waals surface area contributed by atoms with E-state index in [1.165, 1.54) is 26.2 Å². The van der Waals surface area contributed by atoms with E-state index in [1.54, 1.807) is 28.8 Å². The third-order valence-corrected chi connectivity index (χ3v) is 6.79. The lowest BCUT2D eigenvalue weighted by Crippen LogP contribution is -2.43. The SMILES string of the molecule is CC(C)(O)[C@H](F)CNC(=O)c1cnc(-c2ccc3cc(C#N)cnn23)cc1N[C@H]1C[C@H](CNC(=O)CC(F)(F)F)C1. The minimum absolute atomic E-state index is 0.0459. The van der Waals surface area contributed by atoms with Crippen molar-refractivity contribution < 1.29 is 32.3 Å². The van der Waals surface area contributed by atoms with Crippen LogP contribution in [0.4, 0.5) is 23.2 Å². The lowest BCUT2D eigenvalue weighted by atomic mass is 9.80. The molecule has 0 spiro atoms. The monoisotopic (exact) mass is 575 g/mol. The van der Waals surface area contributed by atoms with E-state index in [9.17, 15) is 32.3 Å². The highest BCUT2D eigenvalue weighted by Gasteiger charge is 2.34. The zero-order valence-electron chi connectivity index (χ0n) is 22.3. The van der Waals surface area contributed by atoms with Gasteiger partial charge < -0.3 is 21.1 Å². The molecule has 0 radical (unpaired) electrons. The number of pyridine rings is 1. The lowest BCUT2D eigenvalue weighted by molar-refractivity contribution is -0.153. The summed E-state index contributed by atoms with van der Waals surface area (Å²) in [6.45, 7) is 2.26. The molecule has 14 heteroatoms. The average molecular weight is 576 g/mol. The van der Waals surface area contributed by atoms with Crippen molar-refractivity contribution in [2.24, 2.45) is 5.92 Å². The van der Waals surface area contributed by atoms with Crippen LogP contribution in [0, 0.1) is 17.2 Å². The Hall–Kier alpha value is -4.25. The van der Waals surface area contributed by atoms with Crippen LogP contribution in [0.25, 0.3) is 16.9 Å². The van der Waals surface area contributed by atoms with Crippen molar-refractivity contribution in [1.29, 1.82) is 5.26 Å².